The molecule has 5 heteroatoms. The Kier molecular flexibility index (Phi) is 4.04. The van der Waals surface area contributed by atoms with E-state index < -0.39 is 0 Å². The molecular weight excluding hydrogens is 248 g/mol. The molecule has 0 aromatic heterocycles. The van der Waals surface area contributed by atoms with E-state index in [0.717, 1.165) is 10.6 Å². The summed E-state index contributed by atoms with van der Waals surface area (Å²) in [6.07, 6.45) is 0. The van der Waals surface area contributed by atoms with Crippen LogP contribution >= 0.6 is 11.8 Å². The molecule has 1 aliphatic heterocycles. The Balaban J connectivity index is 2.41. The van der Waals surface area contributed by atoms with Crippen molar-refractivity contribution in [1.29, 1.82) is 0 Å². The zero-order valence-corrected chi connectivity index (χ0v) is 11.3. The van der Waals surface area contributed by atoms with Gasteiger partial charge in [-0.2, -0.15) is 0 Å². The third kappa shape index (κ3) is 2.57. The van der Waals surface area contributed by atoms with Crippen LogP contribution in [0.25, 0.3) is 0 Å². The number of thioether (sulfide) groups is 1. The Labute approximate surface area is 111 Å². The number of Topliss-reactive ketones (excluding diaryl/α,β-unsaturated/α-hetero) is 1. The van der Waals surface area contributed by atoms with Crippen molar-refractivity contribution < 1.29 is 9.59 Å². The van der Waals surface area contributed by atoms with Crippen LogP contribution in [0.15, 0.2) is 29.2 Å². The molecule has 1 atom stereocenters. The molecule has 0 unspecified atom stereocenters. The van der Waals surface area contributed by atoms with Gasteiger partial charge in [0.1, 0.15) is 5.78 Å². The fraction of sp³-hybridized carbons (Fsp3) is 0.385. The first-order valence-corrected chi connectivity index (χ1v) is 6.82. The van der Waals surface area contributed by atoms with Crippen LogP contribution in [0.1, 0.15) is 6.92 Å². The molecule has 1 aromatic carbocycles. The van der Waals surface area contributed by atoms with Crippen molar-refractivity contribution in [3.63, 3.8) is 0 Å². The summed E-state index contributed by atoms with van der Waals surface area (Å²) in [5.74, 6) is 0.630. The van der Waals surface area contributed by atoms with Crippen LogP contribution in [-0.4, -0.2) is 37.1 Å². The third-order valence-corrected chi connectivity index (χ3v) is 4.01. The predicted molar refractivity (Wildman–Crippen MR) is 73.0 cm³/mol. The summed E-state index contributed by atoms with van der Waals surface area (Å²) in [4.78, 5) is 26.4. The highest BCUT2D eigenvalue weighted by Crippen LogP contribution is 2.33. The normalized spacial score (nSPS) is 19.3. The Morgan fingerprint density at radius 3 is 2.89 bits per heavy atom. The summed E-state index contributed by atoms with van der Waals surface area (Å²) < 4.78 is 0. The number of fused-ring (bicyclic) bond motifs is 1. The number of rotatable bonds is 3. The molecule has 0 bridgehead atoms. The summed E-state index contributed by atoms with van der Waals surface area (Å²) in [6.45, 7) is 1.64. The Morgan fingerprint density at radius 2 is 2.22 bits per heavy atom. The van der Waals surface area contributed by atoms with Crippen LogP contribution in [0.4, 0.5) is 5.69 Å². The molecule has 0 saturated heterocycles. The average Bonchev–Trinajstić information content (AvgIpc) is 2.48. The molecule has 1 aliphatic rings. The van der Waals surface area contributed by atoms with Gasteiger partial charge in [-0.15, -0.1) is 11.8 Å². The van der Waals surface area contributed by atoms with Crippen molar-refractivity contribution >= 4 is 29.1 Å². The van der Waals surface area contributed by atoms with Crippen LogP contribution < -0.4 is 10.2 Å². The van der Waals surface area contributed by atoms with Gasteiger partial charge in [0.2, 0.25) is 5.91 Å². The van der Waals surface area contributed by atoms with Gasteiger partial charge in [-0.25, -0.2) is 0 Å². The number of nitrogens with zero attached hydrogens (tertiary/aromatic N) is 1. The number of hydrogen-bond donors (Lipinski definition) is 1. The van der Waals surface area contributed by atoms with Crippen LogP contribution in [0, 0.1) is 0 Å². The number of anilines is 1. The van der Waals surface area contributed by atoms with Gasteiger partial charge in [0.25, 0.3) is 0 Å². The number of para-hydroxylation sites is 1. The maximum atomic E-state index is 12.4. The van der Waals surface area contributed by atoms with E-state index in [9.17, 15) is 9.59 Å². The highest BCUT2D eigenvalue weighted by molar-refractivity contribution is 7.99. The smallest absolute Gasteiger partial charge is 0.245 e. The molecule has 0 saturated carbocycles. The molecular formula is C13H16N2O2S. The van der Waals surface area contributed by atoms with Gasteiger partial charge >= 0.3 is 0 Å². The Bertz CT molecular complexity index is 476. The highest BCUT2D eigenvalue weighted by atomic mass is 32.2. The largest absolute Gasteiger partial charge is 0.308 e. The molecule has 0 fully saturated rings. The maximum absolute atomic E-state index is 12.4. The van der Waals surface area contributed by atoms with E-state index in [4.69, 9.17) is 0 Å². The first-order chi connectivity index (χ1) is 8.63. The minimum absolute atomic E-state index is 0.0140. The SMILES string of the molecule is CN[C@@H]1CSc2ccccc2N(CC(C)=O)C1=O. The van der Waals surface area contributed by atoms with Crippen molar-refractivity contribution in [3.8, 4) is 0 Å². The lowest BCUT2D eigenvalue weighted by Gasteiger charge is -2.24. The molecule has 18 heavy (non-hydrogen) atoms. The lowest BCUT2D eigenvalue weighted by atomic mass is 10.2. The standard InChI is InChI=1S/C13H16N2O2S/c1-9(16)7-15-11-5-3-4-6-12(11)18-8-10(14-2)13(15)17/h3-6,10,14H,7-8H2,1-2H3/t10-/m1/s1. The Morgan fingerprint density at radius 1 is 1.50 bits per heavy atom. The zero-order valence-electron chi connectivity index (χ0n) is 10.5. The van der Waals surface area contributed by atoms with Gasteiger partial charge in [-0.1, -0.05) is 12.1 Å². The van der Waals surface area contributed by atoms with E-state index in [2.05, 4.69) is 5.32 Å². The van der Waals surface area contributed by atoms with E-state index in [0.29, 0.717) is 5.75 Å². The van der Waals surface area contributed by atoms with Gasteiger partial charge in [0.05, 0.1) is 18.3 Å². The van der Waals surface area contributed by atoms with Gasteiger partial charge in [0.15, 0.2) is 0 Å². The van der Waals surface area contributed by atoms with Crippen LogP contribution in [0.5, 0.6) is 0 Å². The molecule has 0 aliphatic carbocycles. The lowest BCUT2D eigenvalue weighted by molar-refractivity contribution is -0.122. The number of amides is 1. The third-order valence-electron chi connectivity index (χ3n) is 2.85. The highest BCUT2D eigenvalue weighted by Gasteiger charge is 2.30. The minimum atomic E-state index is -0.248. The molecule has 1 amide bonds. The van der Waals surface area contributed by atoms with Gasteiger partial charge in [-0.05, 0) is 26.1 Å². The second-order valence-electron chi connectivity index (χ2n) is 4.25. The molecule has 1 heterocycles. The summed E-state index contributed by atoms with van der Waals surface area (Å²) in [5, 5.41) is 3.01. The molecule has 0 spiro atoms. The number of hydrogen-bond acceptors (Lipinski definition) is 4. The molecule has 4 nitrogen and oxygen atoms in total. The number of likely N-dealkylation sites (N-methyl/N-ethyl adjacent to an activating group) is 1. The van der Waals surface area contributed by atoms with E-state index in [1.165, 1.54) is 6.92 Å². The van der Waals surface area contributed by atoms with Crippen LogP contribution in [-0.2, 0) is 9.59 Å². The van der Waals surface area contributed by atoms with Crippen LogP contribution in [0.3, 0.4) is 0 Å². The zero-order chi connectivity index (χ0) is 13.1. The number of ketones is 1. The van der Waals surface area contributed by atoms with Gasteiger partial charge in [0, 0.05) is 10.6 Å². The fourth-order valence-corrected chi connectivity index (χ4v) is 3.10. The quantitative estimate of drug-likeness (QED) is 0.894. The van der Waals surface area contributed by atoms with E-state index in [1.54, 1.807) is 23.7 Å². The molecule has 1 aromatic rings. The molecule has 1 N–H and O–H groups in total. The number of carbonyl (C=O) groups excluding carboxylic acids is 2. The van der Waals surface area contributed by atoms with Gasteiger partial charge in [-0.3, -0.25) is 9.59 Å². The van der Waals surface area contributed by atoms with Crippen molar-refractivity contribution in [3.05, 3.63) is 24.3 Å². The van der Waals surface area contributed by atoms with Gasteiger partial charge < -0.3 is 10.2 Å². The molecule has 96 valence electrons. The lowest BCUT2D eigenvalue weighted by Crippen LogP contribution is -2.47. The molecule has 0 radical (unpaired) electrons. The fourth-order valence-electron chi connectivity index (χ4n) is 1.95. The minimum Gasteiger partial charge on any atom is -0.308 e. The first kappa shape index (κ1) is 13.1. The summed E-state index contributed by atoms with van der Waals surface area (Å²) in [7, 11) is 1.77. The van der Waals surface area contributed by atoms with Crippen molar-refractivity contribution in [2.75, 3.05) is 24.2 Å². The number of nitrogens with one attached hydrogen (secondary N) is 1. The summed E-state index contributed by atoms with van der Waals surface area (Å²) >= 11 is 1.64. The monoisotopic (exact) mass is 264 g/mol. The molecule has 2 rings (SSSR count). The average molecular weight is 264 g/mol. The van der Waals surface area contributed by atoms with E-state index in [1.807, 2.05) is 24.3 Å². The van der Waals surface area contributed by atoms with Crippen molar-refractivity contribution in [2.45, 2.75) is 17.9 Å². The van der Waals surface area contributed by atoms with Crippen LogP contribution in [0.2, 0.25) is 0 Å². The van der Waals surface area contributed by atoms with E-state index >= 15 is 0 Å². The second kappa shape index (κ2) is 5.54. The number of benzene rings is 1. The summed E-state index contributed by atoms with van der Waals surface area (Å²) in [6, 6.07) is 7.46. The van der Waals surface area contributed by atoms with Crippen molar-refractivity contribution in [1.82, 2.24) is 5.32 Å². The second-order valence-corrected chi connectivity index (χ2v) is 5.31. The predicted octanol–water partition coefficient (Wildman–Crippen LogP) is 1.30. The van der Waals surface area contributed by atoms with E-state index in [-0.39, 0.29) is 24.3 Å². The maximum Gasteiger partial charge on any atom is 0.245 e. The topological polar surface area (TPSA) is 49.4 Å². The Hall–Kier alpha value is -1.33. The summed E-state index contributed by atoms with van der Waals surface area (Å²) in [5.41, 5.74) is 0.834. The first-order valence-electron chi connectivity index (χ1n) is 5.83. The van der Waals surface area contributed by atoms with Crippen molar-refractivity contribution in [2.24, 2.45) is 0 Å². The number of carbonyl (C=O) groups is 2.